The maximum Gasteiger partial charge on any atom is 0.287 e. The average Bonchev–Trinajstić information content (AvgIpc) is 3.53. The van der Waals surface area contributed by atoms with Crippen LogP contribution in [0.3, 0.4) is 0 Å². The number of rotatable bonds is 8. The Morgan fingerprint density at radius 3 is 2.48 bits per heavy atom. The first-order valence-corrected chi connectivity index (χ1v) is 13.6. The van der Waals surface area contributed by atoms with E-state index < -0.39 is 11.8 Å². The van der Waals surface area contributed by atoms with Gasteiger partial charge in [0.15, 0.2) is 11.5 Å². The summed E-state index contributed by atoms with van der Waals surface area (Å²) in [6.07, 6.45) is 2.78. The Labute approximate surface area is 252 Å². The molecule has 0 bridgehead atoms. The van der Waals surface area contributed by atoms with E-state index in [1.807, 2.05) is 42.5 Å². The van der Waals surface area contributed by atoms with Gasteiger partial charge < -0.3 is 19.9 Å². The first kappa shape index (κ1) is 27.9. The summed E-state index contributed by atoms with van der Waals surface area (Å²) >= 11 is 0. The fraction of sp³-hybridized carbons (Fsp3) is 0.0294. The van der Waals surface area contributed by atoms with Crippen molar-refractivity contribution in [2.75, 3.05) is 6.79 Å². The maximum atomic E-state index is 13.2. The van der Waals surface area contributed by atoms with Crippen LogP contribution >= 0.6 is 0 Å². The summed E-state index contributed by atoms with van der Waals surface area (Å²) in [6, 6.07) is 32.0. The summed E-state index contributed by atoms with van der Waals surface area (Å²) in [6.45, 7) is 0.105. The van der Waals surface area contributed by atoms with Crippen molar-refractivity contribution in [3.63, 3.8) is 0 Å². The number of hydrogen-bond acceptors (Lipinski definition) is 8. The molecule has 6 rings (SSSR count). The molecule has 2 amide bonds. The number of carbonyl (C=O) groups is 2. The molecular weight excluding hydrogens is 558 g/mol. The van der Waals surface area contributed by atoms with Gasteiger partial charge in [-0.2, -0.15) is 10.2 Å². The van der Waals surface area contributed by atoms with Crippen molar-refractivity contribution in [3.8, 4) is 17.2 Å². The van der Waals surface area contributed by atoms with Crippen LogP contribution in [-0.4, -0.2) is 29.9 Å². The van der Waals surface area contributed by atoms with Crippen molar-refractivity contribution >= 4 is 46.3 Å². The normalized spacial score (nSPS) is 12.6. The van der Waals surface area contributed by atoms with Crippen LogP contribution in [0, 0.1) is 0 Å². The number of benzene rings is 5. The van der Waals surface area contributed by atoms with E-state index in [0.29, 0.717) is 39.6 Å². The van der Waals surface area contributed by atoms with E-state index in [0.717, 1.165) is 10.8 Å². The zero-order valence-corrected chi connectivity index (χ0v) is 23.2. The highest BCUT2D eigenvalue weighted by Crippen LogP contribution is 2.33. The number of nitrogens with one attached hydrogen (secondary N) is 2. The third-order valence-corrected chi connectivity index (χ3v) is 6.66. The second kappa shape index (κ2) is 12.7. The molecule has 1 aliphatic heterocycles. The van der Waals surface area contributed by atoms with E-state index in [2.05, 4.69) is 26.1 Å². The first-order chi connectivity index (χ1) is 21.5. The molecule has 10 nitrogen and oxygen atoms in total. The van der Waals surface area contributed by atoms with Gasteiger partial charge >= 0.3 is 0 Å². The Morgan fingerprint density at radius 1 is 0.795 bits per heavy atom. The van der Waals surface area contributed by atoms with Crippen molar-refractivity contribution in [1.82, 2.24) is 10.7 Å². The van der Waals surface area contributed by atoms with E-state index >= 15 is 0 Å². The molecular formula is C34H25N5O5. The largest absolute Gasteiger partial charge is 0.507 e. The van der Waals surface area contributed by atoms with Gasteiger partial charge in [0, 0.05) is 16.5 Å². The average molecular weight is 584 g/mol. The number of azo groups is 1. The molecule has 0 radical (unpaired) electrons. The molecule has 1 aliphatic rings. The zero-order chi connectivity index (χ0) is 30.3. The molecule has 5 aromatic carbocycles. The number of aromatic hydroxyl groups is 1. The van der Waals surface area contributed by atoms with Gasteiger partial charge in [-0.1, -0.05) is 60.7 Å². The molecule has 1 heterocycles. The molecule has 0 saturated heterocycles. The van der Waals surface area contributed by atoms with E-state index in [1.165, 1.54) is 18.4 Å². The van der Waals surface area contributed by atoms with Gasteiger partial charge in [-0.3, -0.25) is 9.59 Å². The van der Waals surface area contributed by atoms with Crippen molar-refractivity contribution in [2.24, 2.45) is 15.3 Å². The Bertz CT molecular complexity index is 1950. The lowest BCUT2D eigenvalue weighted by Gasteiger charge is -2.09. The van der Waals surface area contributed by atoms with Crippen molar-refractivity contribution in [2.45, 2.75) is 0 Å². The highest BCUT2D eigenvalue weighted by molar-refractivity contribution is 6.05. The van der Waals surface area contributed by atoms with Crippen LogP contribution < -0.4 is 20.2 Å². The summed E-state index contributed by atoms with van der Waals surface area (Å²) in [7, 11) is 0. The van der Waals surface area contributed by atoms with Crippen molar-refractivity contribution < 1.29 is 24.2 Å². The lowest BCUT2D eigenvalue weighted by Crippen LogP contribution is -2.32. The van der Waals surface area contributed by atoms with Gasteiger partial charge in [0.05, 0.1) is 17.6 Å². The molecule has 0 spiro atoms. The van der Waals surface area contributed by atoms with Crippen molar-refractivity contribution in [1.29, 1.82) is 0 Å². The quantitative estimate of drug-likeness (QED) is 0.0818. The second-order valence-electron chi connectivity index (χ2n) is 9.63. The van der Waals surface area contributed by atoms with Gasteiger partial charge in [0.2, 0.25) is 6.79 Å². The molecule has 0 fully saturated rings. The number of carbonyl (C=O) groups excluding carboxylic acids is 2. The monoisotopic (exact) mass is 583 g/mol. The number of amides is 2. The summed E-state index contributed by atoms with van der Waals surface area (Å²) < 4.78 is 10.8. The molecule has 44 heavy (non-hydrogen) atoms. The molecule has 0 aromatic heterocycles. The van der Waals surface area contributed by atoms with E-state index in [1.54, 1.807) is 60.7 Å². The summed E-state index contributed by atoms with van der Waals surface area (Å²) in [5, 5.41) is 27.8. The van der Waals surface area contributed by atoms with E-state index in [9.17, 15) is 14.7 Å². The summed E-state index contributed by atoms with van der Waals surface area (Å²) in [4.78, 5) is 26.1. The second-order valence-corrected chi connectivity index (χ2v) is 9.63. The highest BCUT2D eigenvalue weighted by atomic mass is 16.7. The lowest BCUT2D eigenvalue weighted by molar-refractivity contribution is -0.117. The SMILES string of the molecule is O=C(NN=Cc1cc(N=Nc2cccc3ccccc23)ccc1O)C(=Cc1ccc2c(c1)OCO2)NC(=O)c1ccccc1. The Morgan fingerprint density at radius 2 is 1.59 bits per heavy atom. The Hall–Kier alpha value is -6.29. The molecule has 216 valence electrons. The number of ether oxygens (including phenoxy) is 2. The minimum absolute atomic E-state index is 0.0586. The molecule has 0 aliphatic carbocycles. The Kier molecular flexibility index (Phi) is 8.04. The number of fused-ring (bicyclic) bond motifs is 2. The predicted octanol–water partition coefficient (Wildman–Crippen LogP) is 6.61. The van der Waals surface area contributed by atoms with Crippen LogP contribution in [-0.2, 0) is 4.79 Å². The smallest absolute Gasteiger partial charge is 0.287 e. The van der Waals surface area contributed by atoms with Crippen LogP contribution in [0.4, 0.5) is 11.4 Å². The molecule has 5 aromatic rings. The van der Waals surface area contributed by atoms with Gasteiger partial charge in [-0.25, -0.2) is 5.43 Å². The topological polar surface area (TPSA) is 134 Å². The van der Waals surface area contributed by atoms with Crippen molar-refractivity contribution in [3.05, 3.63) is 132 Å². The fourth-order valence-corrected chi connectivity index (χ4v) is 4.45. The van der Waals surface area contributed by atoms with Gasteiger partial charge in [0.1, 0.15) is 11.4 Å². The predicted molar refractivity (Wildman–Crippen MR) is 166 cm³/mol. The number of hydrogen-bond donors (Lipinski definition) is 3. The standard InChI is InChI=1S/C34H25N5O5/c40-30-15-14-26(37-38-28-12-6-10-23-7-4-5-11-27(23)28)19-25(30)20-35-39-34(42)29(36-33(41)24-8-2-1-3-9-24)17-22-13-16-31-32(18-22)44-21-43-31/h1-20,40H,21H2,(H,36,41)(H,39,42). The molecule has 10 heteroatoms. The van der Waals surface area contributed by atoms with Crippen LogP contribution in [0.15, 0.2) is 130 Å². The minimum atomic E-state index is -0.686. The van der Waals surface area contributed by atoms with Crippen LogP contribution in [0.1, 0.15) is 21.5 Å². The number of hydrazone groups is 1. The van der Waals surface area contributed by atoms with E-state index in [-0.39, 0.29) is 18.2 Å². The number of nitrogens with zero attached hydrogens (tertiary/aromatic N) is 3. The number of phenolic OH excluding ortho intramolecular Hbond substituents is 1. The van der Waals surface area contributed by atoms with Gasteiger partial charge in [-0.05, 0) is 65.6 Å². The van der Waals surface area contributed by atoms with Gasteiger partial charge in [0.25, 0.3) is 11.8 Å². The fourth-order valence-electron chi connectivity index (χ4n) is 4.45. The summed E-state index contributed by atoms with van der Waals surface area (Å²) in [5.41, 5.74) is 4.80. The number of phenols is 1. The molecule has 0 saturated carbocycles. The van der Waals surface area contributed by atoms with Gasteiger partial charge in [-0.15, -0.1) is 5.11 Å². The van der Waals surface area contributed by atoms with Crippen LogP contribution in [0.25, 0.3) is 16.8 Å². The maximum absolute atomic E-state index is 13.2. The molecule has 0 unspecified atom stereocenters. The summed E-state index contributed by atoms with van der Waals surface area (Å²) in [5.74, 6) is -0.114. The van der Waals surface area contributed by atoms with Crippen LogP contribution in [0.2, 0.25) is 0 Å². The molecule has 0 atom stereocenters. The minimum Gasteiger partial charge on any atom is -0.507 e. The first-order valence-electron chi connectivity index (χ1n) is 13.6. The zero-order valence-electron chi connectivity index (χ0n) is 23.2. The van der Waals surface area contributed by atoms with E-state index in [4.69, 9.17) is 9.47 Å². The highest BCUT2D eigenvalue weighted by Gasteiger charge is 2.17. The third kappa shape index (κ3) is 6.44. The van der Waals surface area contributed by atoms with Crippen LogP contribution in [0.5, 0.6) is 17.2 Å². The lowest BCUT2D eigenvalue weighted by atomic mass is 10.1. The molecule has 3 N–H and O–H groups in total. The Balaban J connectivity index is 1.20. The third-order valence-electron chi connectivity index (χ3n) is 6.66.